The van der Waals surface area contributed by atoms with E-state index in [9.17, 15) is 0 Å². The van der Waals surface area contributed by atoms with Gasteiger partial charge in [0.05, 0.1) is 0 Å². The van der Waals surface area contributed by atoms with Crippen LogP contribution >= 0.6 is 0 Å². The SMILES string of the molecule is CCC(C)(C)C1CCC(C(C)CO)CC1. The molecule has 1 N–H and O–H groups in total. The number of aliphatic hydroxyl groups is 1. The number of hydrogen-bond acceptors (Lipinski definition) is 1. The average Bonchev–Trinajstić information content (AvgIpc) is 2.28. The van der Waals surface area contributed by atoms with E-state index in [2.05, 4.69) is 27.7 Å². The molecule has 15 heavy (non-hydrogen) atoms. The minimum atomic E-state index is 0.368. The maximum atomic E-state index is 9.16. The number of aliphatic hydroxyl groups excluding tert-OH is 1. The third kappa shape index (κ3) is 3.21. The first-order valence-corrected chi connectivity index (χ1v) is 6.62. The second-order valence-electron chi connectivity index (χ2n) is 6.11. The summed E-state index contributed by atoms with van der Waals surface area (Å²) in [7, 11) is 0. The van der Waals surface area contributed by atoms with Crippen molar-refractivity contribution in [2.24, 2.45) is 23.2 Å². The molecule has 0 aliphatic heterocycles. The van der Waals surface area contributed by atoms with Crippen molar-refractivity contribution in [3.05, 3.63) is 0 Å². The molecule has 1 nitrogen and oxygen atoms in total. The molecule has 1 fully saturated rings. The van der Waals surface area contributed by atoms with Crippen molar-refractivity contribution in [3.63, 3.8) is 0 Å². The summed E-state index contributed by atoms with van der Waals surface area (Å²) in [6.45, 7) is 9.69. The molecule has 0 spiro atoms. The molecule has 0 aromatic rings. The fourth-order valence-corrected chi connectivity index (χ4v) is 2.91. The summed E-state index contributed by atoms with van der Waals surface area (Å²) in [4.78, 5) is 0. The topological polar surface area (TPSA) is 20.2 Å². The maximum absolute atomic E-state index is 9.16. The van der Waals surface area contributed by atoms with E-state index < -0.39 is 0 Å². The van der Waals surface area contributed by atoms with Gasteiger partial charge in [-0.05, 0) is 48.9 Å². The zero-order chi connectivity index (χ0) is 11.5. The summed E-state index contributed by atoms with van der Waals surface area (Å²) in [5.74, 6) is 2.19. The Morgan fingerprint density at radius 1 is 1.20 bits per heavy atom. The van der Waals surface area contributed by atoms with Gasteiger partial charge in [0.25, 0.3) is 0 Å². The van der Waals surface area contributed by atoms with Gasteiger partial charge < -0.3 is 5.11 Å². The smallest absolute Gasteiger partial charge is 0.0459 e. The third-order valence-electron chi connectivity index (χ3n) is 4.88. The highest BCUT2D eigenvalue weighted by Gasteiger charge is 2.32. The van der Waals surface area contributed by atoms with Crippen molar-refractivity contribution in [1.82, 2.24) is 0 Å². The van der Waals surface area contributed by atoms with Gasteiger partial charge in [-0.3, -0.25) is 0 Å². The molecule has 1 saturated carbocycles. The lowest BCUT2D eigenvalue weighted by atomic mass is 9.66. The van der Waals surface area contributed by atoms with Crippen LogP contribution < -0.4 is 0 Å². The van der Waals surface area contributed by atoms with Crippen molar-refractivity contribution in [2.75, 3.05) is 6.61 Å². The zero-order valence-electron chi connectivity index (χ0n) is 10.9. The highest BCUT2D eigenvalue weighted by Crippen LogP contribution is 2.43. The van der Waals surface area contributed by atoms with Crippen molar-refractivity contribution in [3.8, 4) is 0 Å². The van der Waals surface area contributed by atoms with Crippen LogP contribution in [0.25, 0.3) is 0 Å². The van der Waals surface area contributed by atoms with Crippen LogP contribution in [-0.2, 0) is 0 Å². The second kappa shape index (κ2) is 5.34. The summed E-state index contributed by atoms with van der Waals surface area (Å²) >= 11 is 0. The Balaban J connectivity index is 2.42. The average molecular weight is 212 g/mol. The first-order chi connectivity index (χ1) is 7.01. The van der Waals surface area contributed by atoms with Gasteiger partial charge in [-0.1, -0.05) is 34.1 Å². The van der Waals surface area contributed by atoms with Crippen LogP contribution in [0.4, 0.5) is 0 Å². The molecule has 0 aromatic carbocycles. The first-order valence-electron chi connectivity index (χ1n) is 6.62. The minimum Gasteiger partial charge on any atom is -0.396 e. The molecule has 90 valence electrons. The standard InChI is InChI=1S/C14H28O/c1-5-14(3,4)13-8-6-12(7-9-13)11(2)10-15/h11-13,15H,5-10H2,1-4H3. The van der Waals surface area contributed by atoms with Crippen LogP contribution in [0.2, 0.25) is 0 Å². The monoisotopic (exact) mass is 212 g/mol. The molecular formula is C14H28O. The van der Waals surface area contributed by atoms with Gasteiger partial charge in [-0.2, -0.15) is 0 Å². The molecule has 0 aromatic heterocycles. The van der Waals surface area contributed by atoms with Gasteiger partial charge in [0.15, 0.2) is 0 Å². The summed E-state index contributed by atoms with van der Waals surface area (Å²) in [5, 5.41) is 9.16. The van der Waals surface area contributed by atoms with Crippen molar-refractivity contribution in [1.29, 1.82) is 0 Å². The Bertz CT molecular complexity index is 178. The Labute approximate surface area is 95.3 Å². The molecule has 0 radical (unpaired) electrons. The van der Waals surface area contributed by atoms with Crippen LogP contribution in [0.1, 0.15) is 59.8 Å². The summed E-state index contributed by atoms with van der Waals surface area (Å²) in [6, 6.07) is 0. The van der Waals surface area contributed by atoms with Crippen molar-refractivity contribution in [2.45, 2.75) is 59.8 Å². The van der Waals surface area contributed by atoms with E-state index in [0.29, 0.717) is 17.9 Å². The predicted molar refractivity (Wildman–Crippen MR) is 65.8 cm³/mol. The lowest BCUT2D eigenvalue weighted by Gasteiger charge is -2.40. The molecule has 1 rings (SSSR count). The predicted octanol–water partition coefficient (Wildman–Crippen LogP) is 3.86. The van der Waals surface area contributed by atoms with Gasteiger partial charge >= 0.3 is 0 Å². The van der Waals surface area contributed by atoms with E-state index in [1.54, 1.807) is 0 Å². The fourth-order valence-electron chi connectivity index (χ4n) is 2.91. The highest BCUT2D eigenvalue weighted by atomic mass is 16.3. The van der Waals surface area contributed by atoms with Gasteiger partial charge in [-0.15, -0.1) is 0 Å². The number of hydrogen-bond donors (Lipinski definition) is 1. The third-order valence-corrected chi connectivity index (χ3v) is 4.88. The van der Waals surface area contributed by atoms with E-state index in [-0.39, 0.29) is 0 Å². The number of rotatable bonds is 4. The first kappa shape index (κ1) is 13.0. The van der Waals surface area contributed by atoms with Crippen LogP contribution in [-0.4, -0.2) is 11.7 Å². The Kier molecular flexibility index (Phi) is 4.64. The summed E-state index contributed by atoms with van der Waals surface area (Å²) < 4.78 is 0. The minimum absolute atomic E-state index is 0.368. The van der Waals surface area contributed by atoms with Crippen LogP contribution in [0.15, 0.2) is 0 Å². The van der Waals surface area contributed by atoms with Crippen molar-refractivity contribution < 1.29 is 5.11 Å². The molecule has 1 aliphatic rings. The second-order valence-corrected chi connectivity index (χ2v) is 6.11. The molecule has 0 amide bonds. The maximum Gasteiger partial charge on any atom is 0.0459 e. The van der Waals surface area contributed by atoms with Crippen LogP contribution in [0.5, 0.6) is 0 Å². The zero-order valence-corrected chi connectivity index (χ0v) is 10.9. The molecule has 0 saturated heterocycles. The summed E-state index contributed by atoms with van der Waals surface area (Å²) in [6.07, 6.45) is 6.69. The normalized spacial score (nSPS) is 30.2. The van der Waals surface area contributed by atoms with E-state index in [4.69, 9.17) is 5.11 Å². The van der Waals surface area contributed by atoms with Gasteiger partial charge in [-0.25, -0.2) is 0 Å². The molecule has 1 aliphatic carbocycles. The van der Waals surface area contributed by atoms with Crippen molar-refractivity contribution >= 4 is 0 Å². The van der Waals surface area contributed by atoms with E-state index in [1.165, 1.54) is 32.1 Å². The Hall–Kier alpha value is -0.0400. The van der Waals surface area contributed by atoms with E-state index in [1.807, 2.05) is 0 Å². The molecular weight excluding hydrogens is 184 g/mol. The lowest BCUT2D eigenvalue weighted by molar-refractivity contribution is 0.0910. The Morgan fingerprint density at radius 3 is 2.13 bits per heavy atom. The lowest BCUT2D eigenvalue weighted by Crippen LogP contribution is -2.30. The molecule has 0 bridgehead atoms. The molecule has 0 heterocycles. The van der Waals surface area contributed by atoms with Gasteiger partial charge in [0, 0.05) is 6.61 Å². The Morgan fingerprint density at radius 2 is 1.73 bits per heavy atom. The fraction of sp³-hybridized carbons (Fsp3) is 1.00. The molecule has 1 unspecified atom stereocenters. The van der Waals surface area contributed by atoms with Crippen LogP contribution in [0, 0.1) is 23.2 Å². The van der Waals surface area contributed by atoms with Gasteiger partial charge in [0.1, 0.15) is 0 Å². The van der Waals surface area contributed by atoms with E-state index >= 15 is 0 Å². The quantitative estimate of drug-likeness (QED) is 0.750. The van der Waals surface area contributed by atoms with E-state index in [0.717, 1.165) is 11.8 Å². The van der Waals surface area contributed by atoms with Gasteiger partial charge in [0.2, 0.25) is 0 Å². The molecule has 1 heteroatoms. The molecule has 1 atom stereocenters. The van der Waals surface area contributed by atoms with Crippen LogP contribution in [0.3, 0.4) is 0 Å². The summed E-state index contributed by atoms with van der Waals surface area (Å²) in [5.41, 5.74) is 0.521. The largest absolute Gasteiger partial charge is 0.396 e. The highest BCUT2D eigenvalue weighted by molar-refractivity contribution is 4.83.